The van der Waals surface area contributed by atoms with Gasteiger partial charge in [0.1, 0.15) is 6.10 Å². The minimum Gasteiger partial charge on any atom is -0.394 e. The minimum atomic E-state index is -0.578. The van der Waals surface area contributed by atoms with Gasteiger partial charge in [0.25, 0.3) is 0 Å². The van der Waals surface area contributed by atoms with Gasteiger partial charge in [-0.3, -0.25) is 0 Å². The maximum absolute atomic E-state index is 9.81. The molecular weight excluding hydrogens is 256 g/mol. The Balaban J connectivity index is 2.17. The lowest BCUT2D eigenvalue weighted by atomic mass is 10.0. The lowest BCUT2D eigenvalue weighted by Crippen LogP contribution is -2.42. The topological polar surface area (TPSA) is 58.9 Å². The second kappa shape index (κ2) is 9.50. The molecule has 4 unspecified atom stereocenters. The molecular formula is C16H30O4. The zero-order valence-corrected chi connectivity index (χ0v) is 13.0. The molecule has 1 aliphatic rings. The van der Waals surface area contributed by atoms with Gasteiger partial charge in [0.2, 0.25) is 0 Å². The highest BCUT2D eigenvalue weighted by Gasteiger charge is 2.30. The molecule has 1 heterocycles. The third kappa shape index (κ3) is 6.84. The van der Waals surface area contributed by atoms with Crippen molar-refractivity contribution in [2.24, 2.45) is 5.92 Å². The van der Waals surface area contributed by atoms with Gasteiger partial charge in [0.15, 0.2) is 6.29 Å². The summed E-state index contributed by atoms with van der Waals surface area (Å²) in [6, 6.07) is 0. The summed E-state index contributed by atoms with van der Waals surface area (Å²) in [4.78, 5) is 0. The van der Waals surface area contributed by atoms with E-state index in [4.69, 9.17) is 14.6 Å². The first-order valence-corrected chi connectivity index (χ1v) is 7.72. The number of hydrogen-bond acceptors (Lipinski definition) is 4. The van der Waals surface area contributed by atoms with Gasteiger partial charge in [0.05, 0.1) is 19.3 Å². The Hall–Kier alpha value is -0.420. The summed E-state index contributed by atoms with van der Waals surface area (Å²) < 4.78 is 11.1. The van der Waals surface area contributed by atoms with Gasteiger partial charge < -0.3 is 19.7 Å². The SMILES string of the molecule is CC(C)=CCCC(C)CCOC1OC(CO)CCC1O. The normalized spacial score (nSPS) is 28.1. The van der Waals surface area contributed by atoms with Crippen LogP contribution in [-0.2, 0) is 9.47 Å². The maximum atomic E-state index is 9.81. The Morgan fingerprint density at radius 2 is 2.10 bits per heavy atom. The van der Waals surface area contributed by atoms with E-state index in [0.29, 0.717) is 25.4 Å². The first-order valence-electron chi connectivity index (χ1n) is 7.72. The Morgan fingerprint density at radius 3 is 2.75 bits per heavy atom. The largest absolute Gasteiger partial charge is 0.394 e. The highest BCUT2D eigenvalue weighted by atomic mass is 16.7. The molecule has 0 amide bonds. The van der Waals surface area contributed by atoms with Crippen LogP contribution in [0.1, 0.15) is 52.9 Å². The number of aliphatic hydroxyl groups excluding tert-OH is 2. The van der Waals surface area contributed by atoms with Gasteiger partial charge in [-0.2, -0.15) is 0 Å². The van der Waals surface area contributed by atoms with E-state index >= 15 is 0 Å². The summed E-state index contributed by atoms with van der Waals surface area (Å²) >= 11 is 0. The fraction of sp³-hybridized carbons (Fsp3) is 0.875. The van der Waals surface area contributed by atoms with E-state index in [1.165, 1.54) is 5.57 Å². The van der Waals surface area contributed by atoms with Gasteiger partial charge in [-0.05, 0) is 51.9 Å². The molecule has 4 atom stereocenters. The third-order valence-electron chi connectivity index (χ3n) is 3.73. The average molecular weight is 286 g/mol. The molecule has 1 aliphatic heterocycles. The molecule has 1 fully saturated rings. The van der Waals surface area contributed by atoms with Crippen LogP contribution in [0.15, 0.2) is 11.6 Å². The lowest BCUT2D eigenvalue weighted by Gasteiger charge is -2.33. The van der Waals surface area contributed by atoms with E-state index in [0.717, 1.165) is 19.3 Å². The van der Waals surface area contributed by atoms with Crippen LogP contribution < -0.4 is 0 Å². The third-order valence-corrected chi connectivity index (χ3v) is 3.73. The smallest absolute Gasteiger partial charge is 0.183 e. The molecule has 0 bridgehead atoms. The summed E-state index contributed by atoms with van der Waals surface area (Å²) in [6.45, 7) is 7.04. The molecule has 0 aromatic heterocycles. The van der Waals surface area contributed by atoms with E-state index in [1.807, 2.05) is 0 Å². The van der Waals surface area contributed by atoms with E-state index < -0.39 is 12.4 Å². The summed E-state index contributed by atoms with van der Waals surface area (Å²) in [6.07, 6.45) is 5.47. The average Bonchev–Trinajstić information content (AvgIpc) is 2.40. The number of rotatable bonds is 8. The molecule has 0 saturated carbocycles. The van der Waals surface area contributed by atoms with E-state index in [2.05, 4.69) is 26.8 Å². The van der Waals surface area contributed by atoms with Crippen molar-refractivity contribution in [2.75, 3.05) is 13.2 Å². The van der Waals surface area contributed by atoms with Crippen molar-refractivity contribution < 1.29 is 19.7 Å². The van der Waals surface area contributed by atoms with Crippen molar-refractivity contribution in [3.05, 3.63) is 11.6 Å². The van der Waals surface area contributed by atoms with E-state index in [9.17, 15) is 5.11 Å². The molecule has 20 heavy (non-hydrogen) atoms. The molecule has 118 valence electrons. The van der Waals surface area contributed by atoms with Crippen LogP contribution in [0.5, 0.6) is 0 Å². The maximum Gasteiger partial charge on any atom is 0.183 e. The summed E-state index contributed by atoms with van der Waals surface area (Å²) in [5, 5.41) is 18.9. The van der Waals surface area contributed by atoms with Gasteiger partial charge in [-0.25, -0.2) is 0 Å². The highest BCUT2D eigenvalue weighted by molar-refractivity contribution is 4.92. The standard InChI is InChI=1S/C16H30O4/c1-12(2)5-4-6-13(3)9-10-19-16-15(18)8-7-14(11-17)20-16/h5,13-18H,4,6-11H2,1-3H3. The zero-order valence-electron chi connectivity index (χ0n) is 13.0. The van der Waals surface area contributed by atoms with Crippen molar-refractivity contribution in [3.8, 4) is 0 Å². The van der Waals surface area contributed by atoms with Crippen molar-refractivity contribution >= 4 is 0 Å². The Morgan fingerprint density at radius 1 is 1.35 bits per heavy atom. The molecule has 0 spiro atoms. The fourth-order valence-corrected chi connectivity index (χ4v) is 2.31. The van der Waals surface area contributed by atoms with Crippen LogP contribution in [0.4, 0.5) is 0 Å². The molecule has 1 rings (SSSR count). The van der Waals surface area contributed by atoms with Crippen LogP contribution in [0.2, 0.25) is 0 Å². The molecule has 4 heteroatoms. The zero-order chi connectivity index (χ0) is 15.0. The number of hydrogen-bond donors (Lipinski definition) is 2. The Bertz CT molecular complexity index is 286. The van der Waals surface area contributed by atoms with Crippen LogP contribution in [0, 0.1) is 5.92 Å². The molecule has 2 N–H and O–H groups in total. The number of ether oxygens (including phenoxy) is 2. The predicted octanol–water partition coefficient (Wildman–Crippen LogP) is 2.63. The first kappa shape index (κ1) is 17.6. The van der Waals surface area contributed by atoms with Crippen molar-refractivity contribution in [1.29, 1.82) is 0 Å². The molecule has 0 aromatic rings. The molecule has 0 aliphatic carbocycles. The van der Waals surface area contributed by atoms with E-state index in [-0.39, 0.29) is 12.7 Å². The van der Waals surface area contributed by atoms with Gasteiger partial charge in [-0.15, -0.1) is 0 Å². The van der Waals surface area contributed by atoms with Gasteiger partial charge in [0, 0.05) is 0 Å². The van der Waals surface area contributed by atoms with Gasteiger partial charge in [-0.1, -0.05) is 18.6 Å². The van der Waals surface area contributed by atoms with Crippen molar-refractivity contribution in [1.82, 2.24) is 0 Å². The summed E-state index contributed by atoms with van der Waals surface area (Å²) in [7, 11) is 0. The molecule has 0 aromatic carbocycles. The van der Waals surface area contributed by atoms with Gasteiger partial charge >= 0.3 is 0 Å². The minimum absolute atomic E-state index is 0.00825. The summed E-state index contributed by atoms with van der Waals surface area (Å²) in [5.41, 5.74) is 1.36. The molecule has 4 nitrogen and oxygen atoms in total. The van der Waals surface area contributed by atoms with Crippen LogP contribution in [0.25, 0.3) is 0 Å². The summed E-state index contributed by atoms with van der Waals surface area (Å²) in [5.74, 6) is 0.597. The lowest BCUT2D eigenvalue weighted by molar-refractivity contribution is -0.245. The Labute approximate surface area is 122 Å². The van der Waals surface area contributed by atoms with Crippen molar-refractivity contribution in [3.63, 3.8) is 0 Å². The second-order valence-corrected chi connectivity index (χ2v) is 6.08. The fourth-order valence-electron chi connectivity index (χ4n) is 2.31. The quantitative estimate of drug-likeness (QED) is 0.673. The molecule has 1 saturated heterocycles. The van der Waals surface area contributed by atoms with Crippen molar-refractivity contribution in [2.45, 2.75) is 71.4 Å². The molecule has 0 radical (unpaired) electrons. The van der Waals surface area contributed by atoms with Crippen LogP contribution >= 0.6 is 0 Å². The van der Waals surface area contributed by atoms with Crippen LogP contribution in [0.3, 0.4) is 0 Å². The second-order valence-electron chi connectivity index (χ2n) is 6.08. The first-order chi connectivity index (χ1) is 9.52. The predicted molar refractivity (Wildman–Crippen MR) is 79.4 cm³/mol. The number of allylic oxidation sites excluding steroid dienone is 2. The van der Waals surface area contributed by atoms with Crippen LogP contribution in [-0.4, -0.2) is 41.9 Å². The monoisotopic (exact) mass is 286 g/mol. The van der Waals surface area contributed by atoms with E-state index in [1.54, 1.807) is 0 Å². The Kier molecular flexibility index (Phi) is 8.38. The number of aliphatic hydroxyl groups is 2. The highest BCUT2D eigenvalue weighted by Crippen LogP contribution is 2.21.